The molecule has 4 rings (SSSR count). The van der Waals surface area contributed by atoms with Crippen molar-refractivity contribution in [2.75, 3.05) is 23.3 Å². The lowest BCUT2D eigenvalue weighted by atomic mass is 10.1. The van der Waals surface area contributed by atoms with Gasteiger partial charge < -0.3 is 24.7 Å². The number of nitrogens with zero attached hydrogens (tertiary/aromatic N) is 3. The van der Waals surface area contributed by atoms with Gasteiger partial charge in [0.1, 0.15) is 17.3 Å². The van der Waals surface area contributed by atoms with Crippen molar-refractivity contribution in [2.45, 2.75) is 32.7 Å². The van der Waals surface area contributed by atoms with Crippen LogP contribution in [0.15, 0.2) is 53.6 Å². The molecule has 3 aromatic rings. The smallest absolute Gasteiger partial charge is 0.387 e. The van der Waals surface area contributed by atoms with Gasteiger partial charge in [-0.1, -0.05) is 12.1 Å². The third-order valence-corrected chi connectivity index (χ3v) is 4.92. The van der Waals surface area contributed by atoms with E-state index >= 15 is 0 Å². The molecule has 0 amide bonds. The second-order valence-electron chi connectivity index (χ2n) is 7.56. The summed E-state index contributed by atoms with van der Waals surface area (Å²) in [6.45, 7) is 2.47. The minimum absolute atomic E-state index is 0.0618. The lowest BCUT2D eigenvalue weighted by Gasteiger charge is -2.35. The molecule has 8 nitrogen and oxygen atoms in total. The summed E-state index contributed by atoms with van der Waals surface area (Å²) in [6.07, 6.45) is 3.32. The van der Waals surface area contributed by atoms with Crippen molar-refractivity contribution in [3.8, 4) is 16.9 Å². The minimum Gasteiger partial charge on any atom is -0.435 e. The summed E-state index contributed by atoms with van der Waals surface area (Å²) < 4.78 is 34.8. The van der Waals surface area contributed by atoms with Crippen LogP contribution in [0.5, 0.6) is 5.75 Å². The molecule has 1 saturated heterocycles. The number of anilines is 3. The molecular formula is C22H23F2N5O3. The van der Waals surface area contributed by atoms with E-state index in [0.29, 0.717) is 36.1 Å². The Kier molecular flexibility index (Phi) is 6.31. The van der Waals surface area contributed by atoms with E-state index in [-0.39, 0.29) is 23.5 Å². The Morgan fingerprint density at radius 3 is 2.56 bits per heavy atom. The number of ether oxygens (including phenoxy) is 2. The number of hydrogen-bond donors (Lipinski definition) is 2. The van der Waals surface area contributed by atoms with Crippen LogP contribution in [0.1, 0.15) is 13.8 Å². The number of pyridine rings is 1. The van der Waals surface area contributed by atoms with Crippen molar-refractivity contribution in [1.29, 1.82) is 0 Å². The zero-order valence-electron chi connectivity index (χ0n) is 17.6. The molecule has 2 atom stereocenters. The topological polar surface area (TPSA) is 92.4 Å². The predicted molar refractivity (Wildman–Crippen MR) is 117 cm³/mol. The normalized spacial score (nSPS) is 18.6. The second kappa shape index (κ2) is 9.31. The van der Waals surface area contributed by atoms with Crippen LogP contribution in [-0.4, -0.2) is 46.9 Å². The summed E-state index contributed by atoms with van der Waals surface area (Å²) in [5, 5.41) is 3.05. The van der Waals surface area contributed by atoms with Gasteiger partial charge in [0.05, 0.1) is 12.2 Å². The number of halogens is 2. The van der Waals surface area contributed by atoms with Crippen LogP contribution in [0.3, 0.4) is 0 Å². The molecule has 2 aromatic heterocycles. The Labute approximate surface area is 183 Å². The Hall–Kier alpha value is -3.53. The first-order valence-electron chi connectivity index (χ1n) is 10.2. The first-order chi connectivity index (χ1) is 15.4. The number of H-pyrrole nitrogens is 1. The number of alkyl halides is 2. The van der Waals surface area contributed by atoms with Crippen molar-refractivity contribution < 1.29 is 18.3 Å². The molecular weight excluding hydrogens is 420 g/mol. The zero-order valence-corrected chi connectivity index (χ0v) is 17.6. The third kappa shape index (κ3) is 5.20. The molecule has 32 heavy (non-hydrogen) atoms. The molecule has 0 aliphatic carbocycles. The van der Waals surface area contributed by atoms with E-state index in [1.54, 1.807) is 36.7 Å². The lowest BCUT2D eigenvalue weighted by Crippen LogP contribution is -2.46. The predicted octanol–water partition coefficient (Wildman–Crippen LogP) is 3.79. The van der Waals surface area contributed by atoms with Gasteiger partial charge in [-0.2, -0.15) is 13.8 Å². The number of benzene rings is 1. The maximum Gasteiger partial charge on any atom is 0.387 e. The van der Waals surface area contributed by atoms with Gasteiger partial charge >= 0.3 is 6.61 Å². The summed E-state index contributed by atoms with van der Waals surface area (Å²) in [4.78, 5) is 26.0. The summed E-state index contributed by atoms with van der Waals surface area (Å²) >= 11 is 0. The minimum atomic E-state index is -2.88. The van der Waals surface area contributed by atoms with Crippen molar-refractivity contribution in [1.82, 2.24) is 15.0 Å². The molecule has 0 saturated carbocycles. The number of rotatable bonds is 6. The third-order valence-electron chi connectivity index (χ3n) is 4.92. The molecule has 0 unspecified atom stereocenters. The van der Waals surface area contributed by atoms with Crippen LogP contribution in [0.4, 0.5) is 26.2 Å². The van der Waals surface area contributed by atoms with Gasteiger partial charge in [0, 0.05) is 31.0 Å². The highest BCUT2D eigenvalue weighted by Gasteiger charge is 2.24. The highest BCUT2D eigenvalue weighted by atomic mass is 19.3. The number of morpholine rings is 1. The van der Waals surface area contributed by atoms with Crippen LogP contribution in [0.2, 0.25) is 0 Å². The molecule has 1 aliphatic heterocycles. The highest BCUT2D eigenvalue weighted by Crippen LogP contribution is 2.25. The molecule has 10 heteroatoms. The first kappa shape index (κ1) is 21.7. The molecule has 0 bridgehead atoms. The van der Waals surface area contributed by atoms with E-state index in [2.05, 4.69) is 25.0 Å². The fraction of sp³-hybridized carbons (Fsp3) is 0.318. The van der Waals surface area contributed by atoms with Crippen LogP contribution >= 0.6 is 0 Å². The maximum atomic E-state index is 12.4. The van der Waals surface area contributed by atoms with Crippen molar-refractivity contribution in [3.05, 3.63) is 59.1 Å². The SMILES string of the molecule is C[C@H]1CN(c2nccc(Nc3cc(-c4ccc(OC(F)F)cc4)c[nH]c3=O)n2)C[C@H](C)O1. The van der Waals surface area contributed by atoms with Gasteiger partial charge in [0.2, 0.25) is 5.95 Å². The maximum absolute atomic E-state index is 12.4. The summed E-state index contributed by atoms with van der Waals surface area (Å²) in [6, 6.07) is 9.51. The molecule has 0 radical (unpaired) electrons. The average Bonchev–Trinajstić information content (AvgIpc) is 2.75. The fourth-order valence-electron chi connectivity index (χ4n) is 3.62. The van der Waals surface area contributed by atoms with Gasteiger partial charge in [-0.3, -0.25) is 4.79 Å². The Morgan fingerprint density at radius 1 is 1.16 bits per heavy atom. The van der Waals surface area contributed by atoms with Crippen LogP contribution in [-0.2, 0) is 4.74 Å². The quantitative estimate of drug-likeness (QED) is 0.599. The molecule has 0 spiro atoms. The summed E-state index contributed by atoms with van der Waals surface area (Å²) in [7, 11) is 0. The van der Waals surface area contributed by atoms with Crippen molar-refractivity contribution >= 4 is 17.5 Å². The highest BCUT2D eigenvalue weighted by molar-refractivity contribution is 5.69. The first-order valence-corrected chi connectivity index (χ1v) is 10.2. The van der Waals surface area contributed by atoms with Gasteiger partial charge in [0.15, 0.2) is 0 Å². The largest absolute Gasteiger partial charge is 0.435 e. The average molecular weight is 443 g/mol. The Morgan fingerprint density at radius 2 is 1.88 bits per heavy atom. The molecule has 3 heterocycles. The number of nitrogens with one attached hydrogen (secondary N) is 2. The van der Waals surface area contributed by atoms with Crippen molar-refractivity contribution in [2.24, 2.45) is 0 Å². The van der Waals surface area contributed by atoms with Crippen LogP contribution < -0.4 is 20.5 Å². The standard InChI is InChI=1S/C22H23F2N5O3/c1-13-11-29(12-14(2)31-13)22-25-8-7-19(28-22)27-18-9-16(10-26-20(18)30)15-3-5-17(6-4-15)32-21(23)24/h3-10,13-14,21H,11-12H2,1-2H3,(H,26,30)(H,25,27,28)/t13-,14-/m0/s1. The number of aromatic amines is 1. The Bertz CT molecular complexity index is 1110. The van der Waals surface area contributed by atoms with E-state index < -0.39 is 6.61 Å². The van der Waals surface area contributed by atoms with Gasteiger partial charge in [-0.15, -0.1) is 0 Å². The lowest BCUT2D eigenvalue weighted by molar-refractivity contribution is -0.0498. The molecule has 1 aromatic carbocycles. The van der Waals surface area contributed by atoms with E-state index in [4.69, 9.17) is 4.74 Å². The second-order valence-corrected chi connectivity index (χ2v) is 7.56. The van der Waals surface area contributed by atoms with Crippen molar-refractivity contribution in [3.63, 3.8) is 0 Å². The monoisotopic (exact) mass is 443 g/mol. The van der Waals surface area contributed by atoms with E-state index in [1.807, 2.05) is 18.7 Å². The number of aromatic nitrogens is 3. The summed E-state index contributed by atoms with van der Waals surface area (Å²) in [5.74, 6) is 1.09. The molecule has 1 fully saturated rings. The molecule has 168 valence electrons. The van der Waals surface area contributed by atoms with Gasteiger partial charge in [-0.05, 0) is 43.7 Å². The fourth-order valence-corrected chi connectivity index (χ4v) is 3.62. The molecule has 2 N–H and O–H groups in total. The van der Waals surface area contributed by atoms with Crippen LogP contribution in [0, 0.1) is 0 Å². The van der Waals surface area contributed by atoms with Crippen LogP contribution in [0.25, 0.3) is 11.1 Å². The molecule has 1 aliphatic rings. The summed E-state index contributed by atoms with van der Waals surface area (Å²) in [5.41, 5.74) is 1.40. The zero-order chi connectivity index (χ0) is 22.7. The van der Waals surface area contributed by atoms with Gasteiger partial charge in [-0.25, -0.2) is 4.98 Å². The Balaban J connectivity index is 1.54. The van der Waals surface area contributed by atoms with Gasteiger partial charge in [0.25, 0.3) is 5.56 Å². The van der Waals surface area contributed by atoms with E-state index in [0.717, 1.165) is 5.56 Å². The number of hydrogen-bond acceptors (Lipinski definition) is 7. The van der Waals surface area contributed by atoms with E-state index in [9.17, 15) is 13.6 Å². The van der Waals surface area contributed by atoms with E-state index in [1.165, 1.54) is 12.1 Å².